The van der Waals surface area contributed by atoms with Gasteiger partial charge in [0.2, 0.25) is 5.95 Å². The Morgan fingerprint density at radius 3 is 2.66 bits per heavy atom. The van der Waals surface area contributed by atoms with Gasteiger partial charge in [0.1, 0.15) is 16.9 Å². The Bertz CT molecular complexity index is 1570. The SMILES string of the molecule is Cn1c(=O)c2c(nc(N3CCC[C@@H](N)C3)n2Cc2cc(F)ccc2Cl)c2cnccc21.O=C(O)C(F)(F)F. The van der Waals surface area contributed by atoms with Gasteiger partial charge in [-0.15, -0.1) is 0 Å². The summed E-state index contributed by atoms with van der Waals surface area (Å²) < 4.78 is 49.1. The van der Waals surface area contributed by atoms with Gasteiger partial charge in [0.15, 0.2) is 0 Å². The van der Waals surface area contributed by atoms with Gasteiger partial charge >= 0.3 is 12.1 Å². The minimum absolute atomic E-state index is 0.0287. The van der Waals surface area contributed by atoms with Crippen molar-refractivity contribution in [1.82, 2.24) is 19.1 Å². The third-order valence-corrected chi connectivity index (χ3v) is 6.56. The number of nitrogens with zero attached hydrogens (tertiary/aromatic N) is 5. The van der Waals surface area contributed by atoms with Gasteiger partial charge in [0.05, 0.1) is 12.1 Å². The highest BCUT2D eigenvalue weighted by Gasteiger charge is 2.38. The molecule has 0 radical (unpaired) electrons. The highest BCUT2D eigenvalue weighted by molar-refractivity contribution is 6.31. The topological polar surface area (TPSA) is 119 Å². The number of pyridine rings is 2. The van der Waals surface area contributed by atoms with E-state index < -0.39 is 12.1 Å². The quantitative estimate of drug-likeness (QED) is 0.371. The van der Waals surface area contributed by atoms with Crippen LogP contribution in [0.5, 0.6) is 0 Å². The maximum absolute atomic E-state index is 14.0. The molecule has 1 aliphatic heterocycles. The Morgan fingerprint density at radius 1 is 1.29 bits per heavy atom. The molecule has 1 fully saturated rings. The predicted octanol–water partition coefficient (Wildman–Crippen LogP) is 3.68. The van der Waals surface area contributed by atoms with Gasteiger partial charge in [-0.25, -0.2) is 14.2 Å². The number of aliphatic carboxylic acids is 1. The van der Waals surface area contributed by atoms with Crippen molar-refractivity contribution in [2.75, 3.05) is 18.0 Å². The molecule has 0 spiro atoms. The maximum atomic E-state index is 14.0. The van der Waals surface area contributed by atoms with E-state index in [1.54, 1.807) is 30.1 Å². The van der Waals surface area contributed by atoms with E-state index in [9.17, 15) is 22.4 Å². The number of alkyl halides is 3. The lowest BCUT2D eigenvalue weighted by Gasteiger charge is -2.32. The van der Waals surface area contributed by atoms with Crippen LogP contribution >= 0.6 is 11.6 Å². The number of nitrogens with two attached hydrogens (primary N) is 1. The summed E-state index contributed by atoms with van der Waals surface area (Å²) in [5.41, 5.74) is 8.40. The number of carboxylic acid groups (broad SMARTS) is 1. The molecule has 0 bridgehead atoms. The van der Waals surface area contributed by atoms with Gasteiger partial charge in [0.25, 0.3) is 5.56 Å². The standard InChI is InChI=1S/C22H22ClFN6O.C2HF3O2/c1-28-18-6-7-26-10-16(18)19-20(21(28)31)30(11-13-9-14(24)4-5-17(13)23)22(27-19)29-8-2-3-15(25)12-29;3-2(4,5)1(6)7/h4-7,9-10,15H,2-3,8,11-12,25H2,1H3;(H,6,7)/t15-;/m1./s1. The molecule has 0 saturated carbocycles. The summed E-state index contributed by atoms with van der Waals surface area (Å²) in [4.78, 5) is 33.5. The van der Waals surface area contributed by atoms with E-state index in [1.165, 1.54) is 18.2 Å². The average Bonchev–Trinajstić information content (AvgIpc) is 3.24. The van der Waals surface area contributed by atoms with Crippen molar-refractivity contribution in [3.05, 3.63) is 63.4 Å². The van der Waals surface area contributed by atoms with E-state index >= 15 is 0 Å². The van der Waals surface area contributed by atoms with Crippen LogP contribution in [0.4, 0.5) is 23.5 Å². The van der Waals surface area contributed by atoms with Crippen LogP contribution in [-0.2, 0) is 18.4 Å². The van der Waals surface area contributed by atoms with Gasteiger partial charge in [-0.2, -0.15) is 13.2 Å². The van der Waals surface area contributed by atoms with Crippen LogP contribution in [0.25, 0.3) is 21.9 Å². The molecule has 1 aromatic carbocycles. The molecule has 1 atom stereocenters. The Morgan fingerprint density at radius 2 is 2.00 bits per heavy atom. The van der Waals surface area contributed by atoms with Crippen molar-refractivity contribution in [2.24, 2.45) is 12.8 Å². The summed E-state index contributed by atoms with van der Waals surface area (Å²) in [6, 6.07) is 6.07. The molecule has 3 aromatic heterocycles. The van der Waals surface area contributed by atoms with E-state index in [1.807, 2.05) is 4.57 Å². The molecule has 4 heterocycles. The number of carbonyl (C=O) groups is 1. The van der Waals surface area contributed by atoms with Crippen molar-refractivity contribution in [3.8, 4) is 0 Å². The Labute approximate surface area is 218 Å². The fraction of sp³-hybridized carbons (Fsp3) is 0.333. The third kappa shape index (κ3) is 5.43. The van der Waals surface area contributed by atoms with Crippen LogP contribution in [-0.4, -0.2) is 55.5 Å². The molecule has 0 amide bonds. The van der Waals surface area contributed by atoms with Gasteiger partial charge in [-0.3, -0.25) is 9.78 Å². The molecule has 4 aromatic rings. The minimum atomic E-state index is -5.08. The van der Waals surface area contributed by atoms with Crippen LogP contribution < -0.4 is 16.2 Å². The summed E-state index contributed by atoms with van der Waals surface area (Å²) in [6.07, 6.45) is 0.170. The van der Waals surface area contributed by atoms with Crippen LogP contribution in [0.3, 0.4) is 0 Å². The molecule has 1 saturated heterocycles. The third-order valence-electron chi connectivity index (χ3n) is 6.19. The summed E-state index contributed by atoms with van der Waals surface area (Å²) in [6.45, 7) is 1.64. The molecule has 5 rings (SSSR count). The Hall–Kier alpha value is -3.71. The van der Waals surface area contributed by atoms with E-state index in [4.69, 9.17) is 32.2 Å². The highest BCUT2D eigenvalue weighted by atomic mass is 35.5. The number of rotatable bonds is 3. The van der Waals surface area contributed by atoms with Crippen LogP contribution in [0.2, 0.25) is 5.02 Å². The van der Waals surface area contributed by atoms with Crippen LogP contribution in [0.1, 0.15) is 18.4 Å². The number of benzene rings is 1. The molecule has 3 N–H and O–H groups in total. The van der Waals surface area contributed by atoms with Crippen molar-refractivity contribution in [3.63, 3.8) is 0 Å². The van der Waals surface area contributed by atoms with E-state index in [0.717, 1.165) is 30.3 Å². The number of halogens is 5. The summed E-state index contributed by atoms with van der Waals surface area (Å²) in [7, 11) is 1.73. The average molecular weight is 555 g/mol. The number of aromatic nitrogens is 4. The van der Waals surface area contributed by atoms with Gasteiger partial charge in [0, 0.05) is 49.0 Å². The fourth-order valence-electron chi connectivity index (χ4n) is 4.39. The van der Waals surface area contributed by atoms with Gasteiger partial charge in [-0.05, 0) is 42.7 Å². The largest absolute Gasteiger partial charge is 0.490 e. The molecule has 38 heavy (non-hydrogen) atoms. The molecule has 202 valence electrons. The molecule has 1 aliphatic rings. The molecule has 0 aliphatic carbocycles. The number of aryl methyl sites for hydroxylation is 1. The number of fused-ring (bicyclic) bond motifs is 3. The highest BCUT2D eigenvalue weighted by Crippen LogP contribution is 2.30. The molecular weight excluding hydrogens is 532 g/mol. The second-order valence-corrected chi connectivity index (χ2v) is 9.25. The molecular formula is C24H23ClF4N6O3. The maximum Gasteiger partial charge on any atom is 0.490 e. The van der Waals surface area contributed by atoms with Gasteiger partial charge < -0.3 is 24.9 Å². The number of hydrogen-bond donors (Lipinski definition) is 2. The molecule has 0 unspecified atom stereocenters. The molecule has 14 heteroatoms. The fourth-order valence-corrected chi connectivity index (χ4v) is 4.57. The van der Waals surface area contributed by atoms with Crippen molar-refractivity contribution in [1.29, 1.82) is 0 Å². The van der Waals surface area contributed by atoms with E-state index in [0.29, 0.717) is 34.1 Å². The van der Waals surface area contributed by atoms with E-state index in [2.05, 4.69) is 9.88 Å². The first kappa shape index (κ1) is 27.3. The zero-order chi connectivity index (χ0) is 27.8. The van der Waals surface area contributed by atoms with Crippen molar-refractivity contribution < 1.29 is 27.5 Å². The minimum Gasteiger partial charge on any atom is -0.475 e. The van der Waals surface area contributed by atoms with Crippen molar-refractivity contribution >= 4 is 45.5 Å². The number of imidazole rings is 1. The lowest BCUT2D eigenvalue weighted by atomic mass is 10.1. The first-order valence-electron chi connectivity index (χ1n) is 11.5. The van der Waals surface area contributed by atoms with E-state index in [-0.39, 0.29) is 24.0 Å². The van der Waals surface area contributed by atoms with Gasteiger partial charge in [-0.1, -0.05) is 11.6 Å². The molecule has 9 nitrogen and oxygen atoms in total. The predicted molar refractivity (Wildman–Crippen MR) is 134 cm³/mol. The first-order valence-corrected chi connectivity index (χ1v) is 11.8. The van der Waals surface area contributed by atoms with Crippen molar-refractivity contribution in [2.45, 2.75) is 31.6 Å². The second-order valence-electron chi connectivity index (χ2n) is 8.84. The monoisotopic (exact) mass is 554 g/mol. The number of anilines is 1. The number of piperidine rings is 1. The first-order chi connectivity index (χ1) is 17.9. The zero-order valence-electron chi connectivity index (χ0n) is 20.0. The summed E-state index contributed by atoms with van der Waals surface area (Å²) in [5, 5.41) is 8.34. The zero-order valence-corrected chi connectivity index (χ0v) is 20.8. The normalized spacial score (nSPS) is 16.0. The Kier molecular flexibility index (Phi) is 7.61. The van der Waals surface area contributed by atoms with Crippen LogP contribution in [0.15, 0.2) is 41.5 Å². The summed E-state index contributed by atoms with van der Waals surface area (Å²) >= 11 is 6.36. The second kappa shape index (κ2) is 10.6. The van der Waals surface area contributed by atoms with Crippen LogP contribution in [0, 0.1) is 5.82 Å². The smallest absolute Gasteiger partial charge is 0.475 e. The lowest BCUT2D eigenvalue weighted by Crippen LogP contribution is -2.44. The summed E-state index contributed by atoms with van der Waals surface area (Å²) in [5.74, 6) is -2.50. The Balaban J connectivity index is 0.000000426. The number of hydrogen-bond acceptors (Lipinski definition) is 6. The lowest BCUT2D eigenvalue weighted by molar-refractivity contribution is -0.192. The number of carboxylic acids is 1.